The molecule has 1 rings (SSSR count). The van der Waals surface area contributed by atoms with Crippen molar-refractivity contribution >= 4 is 0 Å². The van der Waals surface area contributed by atoms with Gasteiger partial charge >= 0.3 is 0 Å². The van der Waals surface area contributed by atoms with Gasteiger partial charge in [-0.15, -0.1) is 0 Å². The molecule has 0 aromatic carbocycles. The predicted octanol–water partition coefficient (Wildman–Crippen LogP) is 1.22. The zero-order valence-electron chi connectivity index (χ0n) is 9.32. The van der Waals surface area contributed by atoms with Gasteiger partial charge in [-0.25, -0.2) is 4.98 Å². The largest absolute Gasteiger partial charge is 0.481 e. The number of nitrogens with zero attached hydrogens (tertiary/aromatic N) is 1. The average molecular weight is 210 g/mol. The van der Waals surface area contributed by atoms with E-state index in [1.807, 2.05) is 12.1 Å². The molecule has 1 N–H and O–H groups in total. The Morgan fingerprint density at radius 3 is 3.00 bits per heavy atom. The summed E-state index contributed by atoms with van der Waals surface area (Å²) < 4.78 is 10.1. The monoisotopic (exact) mass is 210 g/mol. The van der Waals surface area contributed by atoms with Crippen molar-refractivity contribution in [1.82, 2.24) is 10.3 Å². The van der Waals surface area contributed by atoms with Crippen LogP contribution in [0.4, 0.5) is 0 Å². The number of nitrogens with one attached hydrogen (secondary N) is 1. The van der Waals surface area contributed by atoms with Crippen LogP contribution in [0, 0.1) is 0 Å². The van der Waals surface area contributed by atoms with E-state index in [-0.39, 0.29) is 0 Å². The van der Waals surface area contributed by atoms with E-state index in [1.165, 1.54) is 0 Å². The van der Waals surface area contributed by atoms with Crippen molar-refractivity contribution in [3.05, 3.63) is 23.9 Å². The fourth-order valence-corrected chi connectivity index (χ4v) is 1.31. The first-order valence-corrected chi connectivity index (χ1v) is 5.06. The van der Waals surface area contributed by atoms with Crippen LogP contribution in [0.3, 0.4) is 0 Å². The van der Waals surface area contributed by atoms with Crippen molar-refractivity contribution < 1.29 is 9.47 Å². The minimum atomic E-state index is 0.691. The molecule has 1 aromatic rings. The maximum absolute atomic E-state index is 5.15. The molecule has 0 radical (unpaired) electrons. The number of pyridine rings is 1. The van der Waals surface area contributed by atoms with Crippen molar-refractivity contribution in [3.63, 3.8) is 0 Å². The van der Waals surface area contributed by atoms with Gasteiger partial charge in [0.1, 0.15) is 0 Å². The number of aromatic nitrogens is 1. The van der Waals surface area contributed by atoms with Crippen LogP contribution >= 0.6 is 0 Å². The number of hydrogen-bond donors (Lipinski definition) is 1. The topological polar surface area (TPSA) is 43.4 Å². The standard InChI is InChI=1S/C11H18N2O2/c1-14-8-4-6-12-9-10-5-3-7-13-11(10)15-2/h3,5,7,12H,4,6,8-9H2,1-2H3. The minimum absolute atomic E-state index is 0.691. The molecule has 0 atom stereocenters. The summed E-state index contributed by atoms with van der Waals surface area (Å²) in [5.74, 6) is 0.691. The first kappa shape index (κ1) is 11.9. The molecular weight excluding hydrogens is 192 g/mol. The highest BCUT2D eigenvalue weighted by Gasteiger charge is 2.01. The van der Waals surface area contributed by atoms with Crippen LogP contribution in [-0.2, 0) is 11.3 Å². The molecule has 4 nitrogen and oxygen atoms in total. The van der Waals surface area contributed by atoms with E-state index in [0.717, 1.165) is 31.7 Å². The molecule has 1 heterocycles. The Morgan fingerprint density at radius 1 is 1.40 bits per heavy atom. The van der Waals surface area contributed by atoms with Crippen LogP contribution < -0.4 is 10.1 Å². The number of rotatable bonds is 7. The summed E-state index contributed by atoms with van der Waals surface area (Å²) in [5.41, 5.74) is 1.08. The molecule has 0 saturated carbocycles. The highest BCUT2D eigenvalue weighted by atomic mass is 16.5. The van der Waals surface area contributed by atoms with Crippen molar-refractivity contribution in [1.29, 1.82) is 0 Å². The van der Waals surface area contributed by atoms with Crippen molar-refractivity contribution in [2.24, 2.45) is 0 Å². The summed E-state index contributed by atoms with van der Waals surface area (Å²) in [6.07, 6.45) is 2.74. The maximum Gasteiger partial charge on any atom is 0.217 e. The smallest absolute Gasteiger partial charge is 0.217 e. The predicted molar refractivity (Wildman–Crippen MR) is 59.0 cm³/mol. The lowest BCUT2D eigenvalue weighted by Gasteiger charge is -2.07. The van der Waals surface area contributed by atoms with Gasteiger partial charge in [0.05, 0.1) is 7.11 Å². The van der Waals surface area contributed by atoms with E-state index in [0.29, 0.717) is 5.88 Å². The van der Waals surface area contributed by atoms with E-state index in [1.54, 1.807) is 20.4 Å². The third-order valence-corrected chi connectivity index (χ3v) is 2.06. The molecule has 0 bridgehead atoms. The lowest BCUT2D eigenvalue weighted by atomic mass is 10.2. The summed E-state index contributed by atoms with van der Waals surface area (Å²) in [5, 5.41) is 3.31. The van der Waals surface area contributed by atoms with Gasteiger partial charge in [0.15, 0.2) is 0 Å². The average Bonchev–Trinajstić information content (AvgIpc) is 2.29. The second kappa shape index (κ2) is 7.20. The first-order chi connectivity index (χ1) is 7.38. The molecular formula is C11H18N2O2. The fourth-order valence-electron chi connectivity index (χ4n) is 1.31. The summed E-state index contributed by atoms with van der Waals surface area (Å²) in [4.78, 5) is 4.13. The van der Waals surface area contributed by atoms with Crippen molar-refractivity contribution in [2.75, 3.05) is 27.4 Å². The zero-order valence-corrected chi connectivity index (χ0v) is 9.32. The molecule has 15 heavy (non-hydrogen) atoms. The van der Waals surface area contributed by atoms with Crippen LogP contribution in [0.15, 0.2) is 18.3 Å². The Kier molecular flexibility index (Phi) is 5.73. The summed E-state index contributed by atoms with van der Waals surface area (Å²) in [6.45, 7) is 2.50. The molecule has 0 aliphatic carbocycles. The summed E-state index contributed by atoms with van der Waals surface area (Å²) in [6, 6.07) is 3.92. The second-order valence-corrected chi connectivity index (χ2v) is 3.19. The summed E-state index contributed by atoms with van der Waals surface area (Å²) >= 11 is 0. The number of ether oxygens (including phenoxy) is 2. The second-order valence-electron chi connectivity index (χ2n) is 3.19. The third-order valence-electron chi connectivity index (χ3n) is 2.06. The minimum Gasteiger partial charge on any atom is -0.481 e. The van der Waals surface area contributed by atoms with Gasteiger partial charge in [-0.05, 0) is 19.0 Å². The zero-order chi connectivity index (χ0) is 10.9. The highest BCUT2D eigenvalue weighted by molar-refractivity contribution is 5.24. The van der Waals surface area contributed by atoms with E-state index >= 15 is 0 Å². The molecule has 0 spiro atoms. The normalized spacial score (nSPS) is 10.3. The first-order valence-electron chi connectivity index (χ1n) is 5.06. The van der Waals surface area contributed by atoms with Gasteiger partial charge in [-0.1, -0.05) is 6.07 Å². The molecule has 0 fully saturated rings. The summed E-state index contributed by atoms with van der Waals surface area (Å²) in [7, 11) is 3.35. The van der Waals surface area contributed by atoms with Crippen LogP contribution in [-0.4, -0.2) is 32.4 Å². The van der Waals surface area contributed by atoms with Gasteiger partial charge in [0.25, 0.3) is 0 Å². The number of methoxy groups -OCH3 is 2. The molecule has 0 aliphatic rings. The Balaban J connectivity index is 2.30. The molecule has 84 valence electrons. The van der Waals surface area contributed by atoms with E-state index in [4.69, 9.17) is 9.47 Å². The van der Waals surface area contributed by atoms with Gasteiger partial charge in [0, 0.05) is 32.0 Å². The van der Waals surface area contributed by atoms with E-state index < -0.39 is 0 Å². The quantitative estimate of drug-likeness (QED) is 0.687. The lowest BCUT2D eigenvalue weighted by Crippen LogP contribution is -2.16. The SMILES string of the molecule is COCCCNCc1cccnc1OC. The Morgan fingerprint density at radius 2 is 2.27 bits per heavy atom. The van der Waals surface area contributed by atoms with Gasteiger partial charge in [0.2, 0.25) is 5.88 Å². The van der Waals surface area contributed by atoms with Crippen molar-refractivity contribution in [3.8, 4) is 5.88 Å². The molecule has 0 unspecified atom stereocenters. The molecule has 0 aliphatic heterocycles. The molecule has 4 heteroatoms. The molecule has 0 amide bonds. The fraction of sp³-hybridized carbons (Fsp3) is 0.545. The molecule has 1 aromatic heterocycles. The van der Waals surface area contributed by atoms with Crippen LogP contribution in [0.1, 0.15) is 12.0 Å². The van der Waals surface area contributed by atoms with Gasteiger partial charge in [-0.3, -0.25) is 0 Å². The van der Waals surface area contributed by atoms with Gasteiger partial charge in [-0.2, -0.15) is 0 Å². The van der Waals surface area contributed by atoms with E-state index in [2.05, 4.69) is 10.3 Å². The van der Waals surface area contributed by atoms with Crippen LogP contribution in [0.25, 0.3) is 0 Å². The van der Waals surface area contributed by atoms with E-state index in [9.17, 15) is 0 Å². The lowest BCUT2D eigenvalue weighted by molar-refractivity contribution is 0.194. The number of hydrogen-bond acceptors (Lipinski definition) is 4. The Bertz CT molecular complexity index is 279. The maximum atomic E-state index is 5.15. The molecule has 0 saturated heterocycles. The van der Waals surface area contributed by atoms with Crippen LogP contribution in [0.2, 0.25) is 0 Å². The highest BCUT2D eigenvalue weighted by Crippen LogP contribution is 2.12. The van der Waals surface area contributed by atoms with Gasteiger partial charge < -0.3 is 14.8 Å². The van der Waals surface area contributed by atoms with Crippen molar-refractivity contribution in [2.45, 2.75) is 13.0 Å². The van der Waals surface area contributed by atoms with Crippen LogP contribution in [0.5, 0.6) is 5.88 Å². The Labute approximate surface area is 90.6 Å². The Hall–Kier alpha value is -1.13. The third kappa shape index (κ3) is 4.27.